The fraction of sp³-hybridized carbons (Fsp3) is 0.417. The van der Waals surface area contributed by atoms with E-state index in [1.807, 2.05) is 6.92 Å². The van der Waals surface area contributed by atoms with Gasteiger partial charge in [0, 0.05) is 38.3 Å². The molecule has 32 heavy (non-hydrogen) atoms. The number of halogens is 1. The first-order valence-corrected chi connectivity index (χ1v) is 10.8. The largest absolute Gasteiger partial charge is 0.483 e. The van der Waals surface area contributed by atoms with Gasteiger partial charge in [0.15, 0.2) is 6.61 Å². The zero-order chi connectivity index (χ0) is 23.1. The van der Waals surface area contributed by atoms with Gasteiger partial charge in [0.25, 0.3) is 11.8 Å². The summed E-state index contributed by atoms with van der Waals surface area (Å²) in [6.07, 6.45) is 0. The van der Waals surface area contributed by atoms with Crippen molar-refractivity contribution >= 4 is 11.8 Å². The van der Waals surface area contributed by atoms with Crippen molar-refractivity contribution in [3.8, 4) is 5.75 Å². The molecule has 0 aliphatic carbocycles. The van der Waals surface area contributed by atoms with Crippen LogP contribution in [0.5, 0.6) is 5.75 Å². The third-order valence-electron chi connectivity index (χ3n) is 5.61. The summed E-state index contributed by atoms with van der Waals surface area (Å²) in [6.45, 7) is 5.84. The number of carbonyl (C=O) groups excluding carboxylic acids is 2. The summed E-state index contributed by atoms with van der Waals surface area (Å²) in [5, 5.41) is 11.5. The van der Waals surface area contributed by atoms with Crippen molar-refractivity contribution in [3.63, 3.8) is 0 Å². The fourth-order valence-electron chi connectivity index (χ4n) is 3.86. The average Bonchev–Trinajstić information content (AvgIpc) is 2.79. The van der Waals surface area contributed by atoms with Gasteiger partial charge >= 0.3 is 0 Å². The van der Waals surface area contributed by atoms with Gasteiger partial charge in [-0.05, 0) is 43.7 Å². The van der Waals surface area contributed by atoms with Crippen LogP contribution in [-0.4, -0.2) is 71.7 Å². The van der Waals surface area contributed by atoms with Crippen LogP contribution in [0.2, 0.25) is 0 Å². The number of nitrogens with zero attached hydrogens (tertiary/aromatic N) is 2. The molecule has 2 aromatic carbocycles. The molecule has 1 aliphatic heterocycles. The van der Waals surface area contributed by atoms with E-state index >= 15 is 0 Å². The Morgan fingerprint density at radius 1 is 1.09 bits per heavy atom. The van der Waals surface area contributed by atoms with E-state index < -0.39 is 0 Å². The number of piperazine rings is 1. The summed E-state index contributed by atoms with van der Waals surface area (Å²) in [5.41, 5.74) is 1.35. The highest BCUT2D eigenvalue weighted by molar-refractivity contribution is 5.97. The SMILES string of the molecule is C[C@@H]1CN(C(=O)COc2ccccc2C(=O)NCCO)[C@@H](C)CN1Cc1ccc(F)cc1. The molecule has 2 atom stereocenters. The lowest BCUT2D eigenvalue weighted by molar-refractivity contribution is -0.139. The molecule has 7 nitrogen and oxygen atoms in total. The number of hydrogen-bond acceptors (Lipinski definition) is 5. The summed E-state index contributed by atoms with van der Waals surface area (Å²) in [5.74, 6) is -0.431. The second kappa shape index (κ2) is 11.1. The van der Waals surface area contributed by atoms with Crippen molar-refractivity contribution in [3.05, 3.63) is 65.5 Å². The van der Waals surface area contributed by atoms with E-state index in [1.54, 1.807) is 41.3 Å². The van der Waals surface area contributed by atoms with Crippen molar-refractivity contribution in [1.82, 2.24) is 15.1 Å². The molecule has 0 unspecified atom stereocenters. The second-order valence-corrected chi connectivity index (χ2v) is 8.06. The normalized spacial score (nSPS) is 18.9. The van der Waals surface area contributed by atoms with Crippen LogP contribution in [0.1, 0.15) is 29.8 Å². The van der Waals surface area contributed by atoms with E-state index in [4.69, 9.17) is 9.84 Å². The monoisotopic (exact) mass is 443 g/mol. The molecule has 172 valence electrons. The van der Waals surface area contributed by atoms with Crippen molar-refractivity contribution in [1.29, 1.82) is 0 Å². The Bertz CT molecular complexity index is 922. The Kier molecular flexibility index (Phi) is 8.19. The number of benzene rings is 2. The highest BCUT2D eigenvalue weighted by Gasteiger charge is 2.32. The Morgan fingerprint density at radius 3 is 2.53 bits per heavy atom. The van der Waals surface area contributed by atoms with Gasteiger partial charge in [0.2, 0.25) is 0 Å². The topological polar surface area (TPSA) is 82.1 Å². The number of ether oxygens (including phenoxy) is 1. The number of rotatable bonds is 8. The minimum atomic E-state index is -0.363. The molecule has 0 saturated carbocycles. The first-order valence-electron chi connectivity index (χ1n) is 10.8. The maximum Gasteiger partial charge on any atom is 0.260 e. The van der Waals surface area contributed by atoms with Gasteiger partial charge in [-0.25, -0.2) is 4.39 Å². The number of nitrogens with one attached hydrogen (secondary N) is 1. The molecule has 1 fully saturated rings. The molecule has 2 N–H and O–H groups in total. The van der Waals surface area contributed by atoms with Crippen LogP contribution in [0.3, 0.4) is 0 Å². The van der Waals surface area contributed by atoms with Gasteiger partial charge in [-0.2, -0.15) is 0 Å². The lowest BCUT2D eigenvalue weighted by Crippen LogP contribution is -2.58. The van der Waals surface area contributed by atoms with Gasteiger partial charge in [0.05, 0.1) is 12.2 Å². The summed E-state index contributed by atoms with van der Waals surface area (Å²) in [4.78, 5) is 29.2. The molecule has 8 heteroatoms. The molecule has 0 aromatic heterocycles. The van der Waals surface area contributed by atoms with Crippen LogP contribution in [0.25, 0.3) is 0 Å². The second-order valence-electron chi connectivity index (χ2n) is 8.06. The number of para-hydroxylation sites is 1. The lowest BCUT2D eigenvalue weighted by Gasteiger charge is -2.44. The molecule has 3 rings (SSSR count). The summed E-state index contributed by atoms with van der Waals surface area (Å²) < 4.78 is 18.9. The molecular formula is C24H30FN3O4. The van der Waals surface area contributed by atoms with Gasteiger partial charge in [0.1, 0.15) is 11.6 Å². The number of aliphatic hydroxyl groups excluding tert-OH is 1. The van der Waals surface area contributed by atoms with E-state index in [-0.39, 0.29) is 49.5 Å². The van der Waals surface area contributed by atoms with Gasteiger partial charge in [-0.1, -0.05) is 24.3 Å². The lowest BCUT2D eigenvalue weighted by atomic mass is 10.1. The predicted molar refractivity (Wildman–Crippen MR) is 119 cm³/mol. The predicted octanol–water partition coefficient (Wildman–Crippen LogP) is 2.05. The van der Waals surface area contributed by atoms with E-state index in [0.717, 1.165) is 5.56 Å². The van der Waals surface area contributed by atoms with Gasteiger partial charge < -0.3 is 20.1 Å². The molecule has 1 heterocycles. The van der Waals surface area contributed by atoms with Crippen molar-refractivity contribution in [2.75, 3.05) is 32.8 Å². The molecule has 1 saturated heterocycles. The third-order valence-corrected chi connectivity index (χ3v) is 5.61. The Morgan fingerprint density at radius 2 is 1.81 bits per heavy atom. The Balaban J connectivity index is 1.57. The minimum Gasteiger partial charge on any atom is -0.483 e. The quantitative estimate of drug-likeness (QED) is 0.653. The standard InChI is InChI=1S/C24H30FN3O4/c1-17-14-28(18(2)13-27(17)15-19-7-9-20(25)10-8-19)23(30)16-32-22-6-4-3-5-21(22)24(31)26-11-12-29/h3-10,17-18,29H,11-16H2,1-2H3,(H,26,31)/t17-,18+/m1/s1. The first-order chi connectivity index (χ1) is 15.4. The molecular weight excluding hydrogens is 413 g/mol. The highest BCUT2D eigenvalue weighted by Crippen LogP contribution is 2.21. The maximum atomic E-state index is 13.2. The van der Waals surface area contributed by atoms with Gasteiger partial charge in [-0.15, -0.1) is 0 Å². The van der Waals surface area contributed by atoms with E-state index in [2.05, 4.69) is 17.1 Å². The first kappa shape index (κ1) is 23.7. The smallest absolute Gasteiger partial charge is 0.260 e. The number of hydrogen-bond donors (Lipinski definition) is 2. The number of aliphatic hydroxyl groups is 1. The van der Waals surface area contributed by atoms with Crippen molar-refractivity contribution in [2.24, 2.45) is 0 Å². The van der Waals surface area contributed by atoms with Crippen LogP contribution < -0.4 is 10.1 Å². The third kappa shape index (κ3) is 6.05. The maximum absolute atomic E-state index is 13.2. The van der Waals surface area contributed by atoms with Crippen LogP contribution in [-0.2, 0) is 11.3 Å². The zero-order valence-electron chi connectivity index (χ0n) is 18.5. The van der Waals surface area contributed by atoms with Crippen LogP contribution in [0.15, 0.2) is 48.5 Å². The van der Waals surface area contributed by atoms with E-state index in [0.29, 0.717) is 30.9 Å². The van der Waals surface area contributed by atoms with Crippen LogP contribution in [0, 0.1) is 5.82 Å². The number of carbonyl (C=O) groups is 2. The van der Waals surface area contributed by atoms with Gasteiger partial charge in [-0.3, -0.25) is 14.5 Å². The van der Waals surface area contributed by atoms with Crippen molar-refractivity contribution in [2.45, 2.75) is 32.5 Å². The Labute approximate surface area is 187 Å². The van der Waals surface area contributed by atoms with E-state index in [1.165, 1.54) is 12.1 Å². The van der Waals surface area contributed by atoms with Crippen molar-refractivity contribution < 1.29 is 23.8 Å². The van der Waals surface area contributed by atoms with Crippen LogP contribution >= 0.6 is 0 Å². The number of amides is 2. The molecule has 0 radical (unpaired) electrons. The molecule has 2 aromatic rings. The van der Waals surface area contributed by atoms with Crippen LogP contribution in [0.4, 0.5) is 4.39 Å². The summed E-state index contributed by atoms with van der Waals surface area (Å²) >= 11 is 0. The summed E-state index contributed by atoms with van der Waals surface area (Å²) in [7, 11) is 0. The molecule has 0 bridgehead atoms. The minimum absolute atomic E-state index is 0.00848. The molecule has 0 spiro atoms. The molecule has 2 amide bonds. The highest BCUT2D eigenvalue weighted by atomic mass is 19.1. The summed E-state index contributed by atoms with van der Waals surface area (Å²) in [6, 6.07) is 13.3. The van der Waals surface area contributed by atoms with E-state index in [9.17, 15) is 14.0 Å². The average molecular weight is 444 g/mol. The fourth-order valence-corrected chi connectivity index (χ4v) is 3.86. The zero-order valence-corrected chi connectivity index (χ0v) is 18.5. The Hall–Kier alpha value is -2.97. The molecule has 1 aliphatic rings.